The highest BCUT2D eigenvalue weighted by atomic mass is 16.7. The van der Waals surface area contributed by atoms with Crippen LogP contribution in [0.3, 0.4) is 0 Å². The summed E-state index contributed by atoms with van der Waals surface area (Å²) >= 11 is 0. The lowest BCUT2D eigenvalue weighted by molar-refractivity contribution is -0.238. The lowest BCUT2D eigenvalue weighted by Crippen LogP contribution is -2.53. The summed E-state index contributed by atoms with van der Waals surface area (Å²) in [4.78, 5) is 49.7. The Morgan fingerprint density at radius 1 is 0.636 bits per heavy atom. The van der Waals surface area contributed by atoms with Crippen molar-refractivity contribution in [1.29, 1.82) is 0 Å². The van der Waals surface area contributed by atoms with Gasteiger partial charge in [0.05, 0.1) is 23.7 Å². The van der Waals surface area contributed by atoms with Crippen molar-refractivity contribution in [2.45, 2.75) is 86.4 Å². The van der Waals surface area contributed by atoms with E-state index in [1.54, 1.807) is 55.4 Å². The second-order valence-corrected chi connectivity index (χ2v) is 8.85. The van der Waals surface area contributed by atoms with Crippen LogP contribution in [0.2, 0.25) is 0 Å². The summed E-state index contributed by atoms with van der Waals surface area (Å²) in [5.74, 6) is -2.29. The molecule has 33 heavy (non-hydrogen) atoms. The van der Waals surface area contributed by atoms with Crippen LogP contribution in [0.15, 0.2) is 0 Å². The SMILES string of the molecule is C#CC[C@@H](OC(=O)C(C)C)[C@@H](OC(=O)C(C)C)[C@H](OC(=O)C(C)C)[C@@H](OC)OC(=O)C(C)C. The minimum absolute atomic E-state index is 0.154. The molecule has 0 aliphatic heterocycles. The molecule has 0 saturated carbocycles. The summed E-state index contributed by atoms with van der Waals surface area (Å²) in [6.07, 6.45) is -0.159. The minimum atomic E-state index is -1.45. The predicted molar refractivity (Wildman–Crippen MR) is 119 cm³/mol. The van der Waals surface area contributed by atoms with E-state index in [4.69, 9.17) is 30.1 Å². The first-order valence-electron chi connectivity index (χ1n) is 11.0. The molecule has 4 atom stereocenters. The number of carbonyl (C=O) groups excluding carboxylic acids is 4. The highest BCUT2D eigenvalue weighted by Gasteiger charge is 2.45. The van der Waals surface area contributed by atoms with Crippen LogP contribution in [0.1, 0.15) is 61.8 Å². The van der Waals surface area contributed by atoms with Gasteiger partial charge in [0, 0.05) is 13.5 Å². The van der Waals surface area contributed by atoms with Crippen molar-refractivity contribution in [2.75, 3.05) is 7.11 Å². The Bertz CT molecular complexity index is 703. The van der Waals surface area contributed by atoms with Gasteiger partial charge in [-0.1, -0.05) is 55.4 Å². The number of methoxy groups -OCH3 is 1. The van der Waals surface area contributed by atoms with E-state index in [1.165, 1.54) is 7.11 Å². The largest absolute Gasteiger partial charge is 0.457 e. The molecule has 0 aromatic heterocycles. The summed E-state index contributed by atoms with van der Waals surface area (Å²) in [6, 6.07) is 0. The number of esters is 4. The molecule has 0 bridgehead atoms. The molecule has 0 unspecified atom stereocenters. The van der Waals surface area contributed by atoms with Crippen molar-refractivity contribution >= 4 is 23.9 Å². The Balaban J connectivity index is 6.50. The Kier molecular flexibility index (Phi) is 13.4. The van der Waals surface area contributed by atoms with Gasteiger partial charge in [0.15, 0.2) is 12.2 Å². The number of hydrogen-bond acceptors (Lipinski definition) is 9. The first kappa shape index (κ1) is 30.4. The van der Waals surface area contributed by atoms with E-state index >= 15 is 0 Å². The van der Waals surface area contributed by atoms with Gasteiger partial charge in [0.1, 0.15) is 0 Å². The van der Waals surface area contributed by atoms with E-state index in [-0.39, 0.29) is 6.42 Å². The third kappa shape index (κ3) is 10.3. The van der Waals surface area contributed by atoms with Crippen molar-refractivity contribution in [1.82, 2.24) is 0 Å². The van der Waals surface area contributed by atoms with Gasteiger partial charge < -0.3 is 23.7 Å². The highest BCUT2D eigenvalue weighted by molar-refractivity contribution is 5.74. The smallest absolute Gasteiger partial charge is 0.310 e. The Morgan fingerprint density at radius 2 is 1.00 bits per heavy atom. The number of terminal acetylenes is 1. The predicted octanol–water partition coefficient (Wildman–Crippen LogP) is 2.88. The van der Waals surface area contributed by atoms with Crippen LogP contribution < -0.4 is 0 Å². The average molecular weight is 471 g/mol. The molecule has 0 radical (unpaired) electrons. The number of rotatable bonds is 13. The Labute approximate surface area is 196 Å². The molecule has 0 rings (SSSR count). The second-order valence-electron chi connectivity index (χ2n) is 8.85. The molecule has 0 saturated heterocycles. The summed E-state index contributed by atoms with van der Waals surface area (Å²) in [5.41, 5.74) is 0. The van der Waals surface area contributed by atoms with Crippen molar-refractivity contribution < 1.29 is 42.9 Å². The average Bonchev–Trinajstić information content (AvgIpc) is 2.73. The molecular formula is C24H38O9. The zero-order valence-corrected chi connectivity index (χ0v) is 21.1. The number of hydrogen-bond donors (Lipinski definition) is 0. The number of ether oxygens (including phenoxy) is 5. The zero-order chi connectivity index (χ0) is 25.9. The van der Waals surface area contributed by atoms with Crippen molar-refractivity contribution in [3.63, 3.8) is 0 Å². The third-order valence-corrected chi connectivity index (χ3v) is 4.40. The fourth-order valence-electron chi connectivity index (χ4n) is 2.30. The molecule has 0 aliphatic rings. The van der Waals surface area contributed by atoms with Gasteiger partial charge in [-0.3, -0.25) is 19.2 Å². The summed E-state index contributed by atoms with van der Waals surface area (Å²) in [7, 11) is 1.24. The van der Waals surface area contributed by atoms with Crippen LogP contribution in [0.4, 0.5) is 0 Å². The lowest BCUT2D eigenvalue weighted by Gasteiger charge is -2.36. The van der Waals surface area contributed by atoms with Gasteiger partial charge >= 0.3 is 23.9 Å². The highest BCUT2D eigenvalue weighted by Crippen LogP contribution is 2.24. The van der Waals surface area contributed by atoms with Crippen molar-refractivity contribution in [2.24, 2.45) is 23.7 Å². The fraction of sp³-hybridized carbons (Fsp3) is 0.750. The molecule has 0 N–H and O–H groups in total. The quantitative estimate of drug-likeness (QED) is 0.173. The van der Waals surface area contributed by atoms with Gasteiger partial charge in [-0.2, -0.15) is 0 Å². The maximum atomic E-state index is 12.5. The molecule has 0 spiro atoms. The molecule has 0 heterocycles. The minimum Gasteiger partial charge on any atom is -0.457 e. The lowest BCUT2D eigenvalue weighted by atomic mass is 10.0. The van der Waals surface area contributed by atoms with Crippen LogP contribution in [0.25, 0.3) is 0 Å². The van der Waals surface area contributed by atoms with Crippen molar-refractivity contribution in [3.05, 3.63) is 0 Å². The molecule has 9 nitrogen and oxygen atoms in total. The van der Waals surface area contributed by atoms with E-state index < -0.39 is 72.2 Å². The maximum absolute atomic E-state index is 12.5. The third-order valence-electron chi connectivity index (χ3n) is 4.40. The van der Waals surface area contributed by atoms with Gasteiger partial charge in [0.25, 0.3) is 0 Å². The van der Waals surface area contributed by atoms with E-state index in [0.717, 1.165) is 0 Å². The van der Waals surface area contributed by atoms with Crippen LogP contribution in [-0.2, 0) is 42.9 Å². The summed E-state index contributed by atoms with van der Waals surface area (Å²) < 4.78 is 27.4. The molecule has 0 amide bonds. The number of carbonyl (C=O) groups is 4. The molecule has 188 valence electrons. The van der Waals surface area contributed by atoms with Crippen LogP contribution in [0, 0.1) is 36.0 Å². The monoisotopic (exact) mass is 470 g/mol. The zero-order valence-electron chi connectivity index (χ0n) is 21.1. The molecule has 0 aliphatic carbocycles. The second kappa shape index (κ2) is 14.5. The maximum Gasteiger partial charge on any atom is 0.310 e. The first-order chi connectivity index (χ1) is 15.3. The normalized spacial score (nSPS) is 14.9. The summed E-state index contributed by atoms with van der Waals surface area (Å²) in [6.45, 7) is 12.9. The van der Waals surface area contributed by atoms with E-state index in [0.29, 0.717) is 0 Å². The molecule has 9 heteroatoms. The van der Waals surface area contributed by atoms with E-state index in [2.05, 4.69) is 5.92 Å². The topological polar surface area (TPSA) is 114 Å². The standard InChI is InChI=1S/C24H38O9/c1-11-12-17(30-20(25)13(2)3)18(31-21(26)14(4)5)19(32-22(27)15(6)7)24(29-10)33-23(28)16(8)9/h1,13-19,24H,12H2,2-10H3/t17-,18-,19+,24+/m1/s1. The summed E-state index contributed by atoms with van der Waals surface area (Å²) in [5, 5.41) is 0. The van der Waals surface area contributed by atoms with E-state index in [1.807, 2.05) is 0 Å². The Hall–Kier alpha value is -2.60. The van der Waals surface area contributed by atoms with Crippen LogP contribution in [-0.4, -0.2) is 55.6 Å². The Morgan fingerprint density at radius 3 is 1.36 bits per heavy atom. The van der Waals surface area contributed by atoms with E-state index in [9.17, 15) is 19.2 Å². The van der Waals surface area contributed by atoms with Crippen LogP contribution >= 0.6 is 0 Å². The molecular weight excluding hydrogens is 432 g/mol. The van der Waals surface area contributed by atoms with Gasteiger partial charge in [-0.05, 0) is 0 Å². The van der Waals surface area contributed by atoms with Gasteiger partial charge in [-0.15, -0.1) is 12.3 Å². The fourth-order valence-corrected chi connectivity index (χ4v) is 2.30. The molecule has 0 aromatic rings. The van der Waals surface area contributed by atoms with Gasteiger partial charge in [0.2, 0.25) is 12.4 Å². The molecule has 0 aromatic carbocycles. The molecule has 0 fully saturated rings. The van der Waals surface area contributed by atoms with Crippen LogP contribution in [0.5, 0.6) is 0 Å². The van der Waals surface area contributed by atoms with Crippen molar-refractivity contribution in [3.8, 4) is 12.3 Å². The van der Waals surface area contributed by atoms with Gasteiger partial charge in [-0.25, -0.2) is 0 Å². The first-order valence-corrected chi connectivity index (χ1v) is 11.0.